The third-order valence-corrected chi connectivity index (χ3v) is 5.39. The highest BCUT2D eigenvalue weighted by Gasteiger charge is 2.56. The number of hydrogen-bond acceptors (Lipinski definition) is 3. The Morgan fingerprint density at radius 2 is 2.04 bits per heavy atom. The smallest absolute Gasteiger partial charge is 0.412 e. The molecule has 1 aliphatic rings. The first-order valence-electron chi connectivity index (χ1n) is 7.63. The number of rotatable bonds is 3. The molecule has 2 aromatic rings. The van der Waals surface area contributed by atoms with Gasteiger partial charge in [0.05, 0.1) is 0 Å². The van der Waals surface area contributed by atoms with E-state index in [0.717, 1.165) is 26.6 Å². The van der Waals surface area contributed by atoms with Crippen LogP contribution in [0.25, 0.3) is 10.9 Å². The Bertz CT molecular complexity index is 779. The fourth-order valence-corrected chi connectivity index (χ4v) is 3.44. The Morgan fingerprint density at radius 3 is 2.65 bits per heavy atom. The largest absolute Gasteiger partial charge is 0.438 e. The van der Waals surface area contributed by atoms with Crippen molar-refractivity contribution in [2.75, 3.05) is 6.54 Å². The van der Waals surface area contributed by atoms with Crippen LogP contribution in [0, 0.1) is 6.92 Å². The molecule has 124 valence electrons. The van der Waals surface area contributed by atoms with Gasteiger partial charge >= 0.3 is 6.09 Å². The standard InChI is InChI=1S/C17H21BrN2O3/c1-10-12(13-9-11(18)5-6-14(13)19-10)7-8-20-15(21)23-16(2,3)17(20,4)22/h5-6,9,19,22H,7-8H2,1-4H3. The number of amides is 1. The van der Waals surface area contributed by atoms with Crippen LogP contribution in [-0.2, 0) is 11.2 Å². The lowest BCUT2D eigenvalue weighted by Gasteiger charge is -2.34. The molecule has 2 N–H and O–H groups in total. The molecular weight excluding hydrogens is 360 g/mol. The highest BCUT2D eigenvalue weighted by Crippen LogP contribution is 2.37. The molecule has 0 bridgehead atoms. The van der Waals surface area contributed by atoms with Gasteiger partial charge < -0.3 is 14.8 Å². The zero-order chi connectivity index (χ0) is 17.0. The zero-order valence-corrected chi connectivity index (χ0v) is 15.3. The van der Waals surface area contributed by atoms with Crippen molar-refractivity contribution in [3.8, 4) is 0 Å². The van der Waals surface area contributed by atoms with Crippen molar-refractivity contribution >= 4 is 32.9 Å². The minimum Gasteiger partial charge on any atom is -0.438 e. The number of benzene rings is 1. The lowest BCUT2D eigenvalue weighted by molar-refractivity contribution is -0.126. The molecule has 6 heteroatoms. The average Bonchev–Trinajstić information content (AvgIpc) is 2.80. The van der Waals surface area contributed by atoms with Crippen LogP contribution in [0.2, 0.25) is 0 Å². The molecule has 0 radical (unpaired) electrons. The molecule has 0 saturated carbocycles. The molecule has 1 aliphatic heterocycles. The van der Waals surface area contributed by atoms with E-state index >= 15 is 0 Å². The number of ether oxygens (including phenoxy) is 1. The van der Waals surface area contributed by atoms with Crippen molar-refractivity contribution in [2.45, 2.75) is 45.4 Å². The van der Waals surface area contributed by atoms with E-state index in [0.29, 0.717) is 13.0 Å². The van der Waals surface area contributed by atoms with Crippen LogP contribution in [0.15, 0.2) is 22.7 Å². The number of H-pyrrole nitrogens is 1. The van der Waals surface area contributed by atoms with E-state index < -0.39 is 17.4 Å². The summed E-state index contributed by atoms with van der Waals surface area (Å²) in [5, 5.41) is 11.8. The molecule has 1 amide bonds. The van der Waals surface area contributed by atoms with Crippen molar-refractivity contribution in [3.63, 3.8) is 0 Å². The number of halogens is 1. The highest BCUT2D eigenvalue weighted by atomic mass is 79.9. The molecule has 1 saturated heterocycles. The zero-order valence-electron chi connectivity index (χ0n) is 13.7. The SMILES string of the molecule is Cc1[nH]c2ccc(Br)cc2c1CCN1C(=O)OC(C)(C)C1(C)O. The number of nitrogens with zero attached hydrogens (tertiary/aromatic N) is 1. The summed E-state index contributed by atoms with van der Waals surface area (Å²) < 4.78 is 6.32. The number of cyclic esters (lactones) is 1. The van der Waals surface area contributed by atoms with Crippen LogP contribution in [-0.4, -0.2) is 39.0 Å². The highest BCUT2D eigenvalue weighted by molar-refractivity contribution is 9.10. The molecule has 1 aromatic heterocycles. The summed E-state index contributed by atoms with van der Waals surface area (Å²) in [5.41, 5.74) is 1.03. The van der Waals surface area contributed by atoms with Gasteiger partial charge in [-0.2, -0.15) is 0 Å². The minimum atomic E-state index is -1.33. The second-order valence-corrected chi connectivity index (χ2v) is 7.63. The van der Waals surface area contributed by atoms with Gasteiger partial charge in [0.25, 0.3) is 0 Å². The van der Waals surface area contributed by atoms with Crippen molar-refractivity contribution in [1.82, 2.24) is 9.88 Å². The number of aromatic nitrogens is 1. The third-order valence-electron chi connectivity index (χ3n) is 4.90. The van der Waals surface area contributed by atoms with Gasteiger partial charge in [-0.3, -0.25) is 4.90 Å². The normalized spacial score (nSPS) is 23.6. The van der Waals surface area contributed by atoms with E-state index in [9.17, 15) is 9.90 Å². The van der Waals surface area contributed by atoms with Crippen molar-refractivity contribution in [3.05, 3.63) is 33.9 Å². The molecule has 1 unspecified atom stereocenters. The number of carbonyl (C=O) groups excluding carboxylic acids is 1. The van der Waals surface area contributed by atoms with E-state index in [1.54, 1.807) is 20.8 Å². The van der Waals surface area contributed by atoms with Crippen molar-refractivity contribution in [2.24, 2.45) is 0 Å². The predicted octanol–water partition coefficient (Wildman–Crippen LogP) is 3.72. The number of aliphatic hydroxyl groups is 1. The molecule has 0 spiro atoms. The first-order valence-corrected chi connectivity index (χ1v) is 8.42. The maximum Gasteiger partial charge on any atom is 0.412 e. The van der Waals surface area contributed by atoms with Gasteiger partial charge in [-0.15, -0.1) is 0 Å². The predicted molar refractivity (Wildman–Crippen MR) is 92.3 cm³/mol. The van der Waals surface area contributed by atoms with E-state index in [1.165, 1.54) is 4.90 Å². The summed E-state index contributed by atoms with van der Waals surface area (Å²) in [5.74, 6) is 0. The van der Waals surface area contributed by atoms with Gasteiger partial charge in [0, 0.05) is 27.6 Å². The molecule has 1 atom stereocenters. The molecule has 5 nitrogen and oxygen atoms in total. The second kappa shape index (κ2) is 5.24. The Morgan fingerprint density at radius 1 is 1.35 bits per heavy atom. The summed E-state index contributed by atoms with van der Waals surface area (Å²) in [6.45, 7) is 7.48. The Hall–Kier alpha value is -1.53. The van der Waals surface area contributed by atoms with Gasteiger partial charge in [0.2, 0.25) is 0 Å². The Kier molecular flexibility index (Phi) is 3.72. The van der Waals surface area contributed by atoms with E-state index in [-0.39, 0.29) is 0 Å². The molecular formula is C17H21BrN2O3. The molecule has 2 heterocycles. The first-order chi connectivity index (χ1) is 10.6. The lowest BCUT2D eigenvalue weighted by atomic mass is 9.95. The maximum atomic E-state index is 12.1. The number of fused-ring (bicyclic) bond motifs is 1. The summed E-state index contributed by atoms with van der Waals surface area (Å²) in [6.07, 6.45) is 0.169. The van der Waals surface area contributed by atoms with E-state index in [4.69, 9.17) is 4.74 Å². The number of aromatic amines is 1. The summed E-state index contributed by atoms with van der Waals surface area (Å²) >= 11 is 3.50. The summed E-state index contributed by atoms with van der Waals surface area (Å²) in [7, 11) is 0. The first kappa shape index (κ1) is 16.3. The van der Waals surface area contributed by atoms with E-state index in [1.807, 2.05) is 19.1 Å². The Labute approximate surface area is 143 Å². The van der Waals surface area contributed by atoms with Gasteiger partial charge in [0.15, 0.2) is 11.3 Å². The van der Waals surface area contributed by atoms with Crippen molar-refractivity contribution < 1.29 is 14.6 Å². The van der Waals surface area contributed by atoms with Gasteiger partial charge in [-0.1, -0.05) is 15.9 Å². The topological polar surface area (TPSA) is 65.6 Å². The van der Waals surface area contributed by atoms with Crippen LogP contribution in [0.5, 0.6) is 0 Å². The number of carbonyl (C=O) groups is 1. The summed E-state index contributed by atoms with van der Waals surface area (Å²) in [6, 6.07) is 6.09. The van der Waals surface area contributed by atoms with Crippen LogP contribution < -0.4 is 0 Å². The van der Waals surface area contributed by atoms with Gasteiger partial charge in [-0.25, -0.2) is 4.79 Å². The molecule has 23 heavy (non-hydrogen) atoms. The number of hydrogen-bond donors (Lipinski definition) is 2. The van der Waals surface area contributed by atoms with Crippen LogP contribution in [0.1, 0.15) is 32.0 Å². The minimum absolute atomic E-state index is 0.398. The van der Waals surface area contributed by atoms with Gasteiger partial charge in [0.1, 0.15) is 0 Å². The Balaban J connectivity index is 1.88. The van der Waals surface area contributed by atoms with Crippen LogP contribution in [0.4, 0.5) is 4.79 Å². The summed E-state index contributed by atoms with van der Waals surface area (Å²) in [4.78, 5) is 16.9. The maximum absolute atomic E-state index is 12.1. The second-order valence-electron chi connectivity index (χ2n) is 6.72. The quantitative estimate of drug-likeness (QED) is 0.852. The van der Waals surface area contributed by atoms with Crippen LogP contribution in [0.3, 0.4) is 0 Å². The molecule has 1 aromatic carbocycles. The van der Waals surface area contributed by atoms with Crippen molar-refractivity contribution in [1.29, 1.82) is 0 Å². The fourth-order valence-electron chi connectivity index (χ4n) is 3.08. The average molecular weight is 381 g/mol. The molecule has 3 rings (SSSR count). The lowest BCUT2D eigenvalue weighted by Crippen LogP contribution is -2.54. The van der Waals surface area contributed by atoms with E-state index in [2.05, 4.69) is 27.0 Å². The molecule has 1 fully saturated rings. The third kappa shape index (κ3) is 2.54. The van der Waals surface area contributed by atoms with Gasteiger partial charge in [-0.05, 0) is 57.9 Å². The monoisotopic (exact) mass is 380 g/mol. The van der Waals surface area contributed by atoms with Crippen LogP contribution >= 0.6 is 15.9 Å². The number of nitrogens with one attached hydrogen (secondary N) is 1. The fraction of sp³-hybridized carbons (Fsp3) is 0.471. The molecule has 0 aliphatic carbocycles. The number of aryl methyl sites for hydroxylation is 1.